The molecular formula is C23H25F3N2O2. The molecule has 3 aliphatic rings. The Kier molecular flexibility index (Phi) is 5.47. The van der Waals surface area contributed by atoms with Gasteiger partial charge in [-0.2, -0.15) is 13.2 Å². The van der Waals surface area contributed by atoms with Gasteiger partial charge in [0, 0.05) is 48.0 Å². The number of hydrogen-bond acceptors (Lipinski definition) is 3. The van der Waals surface area contributed by atoms with E-state index in [4.69, 9.17) is 0 Å². The molecule has 1 aromatic rings. The zero-order valence-corrected chi connectivity index (χ0v) is 16.9. The largest absolute Gasteiger partial charge is 0.416 e. The van der Waals surface area contributed by atoms with Crippen molar-refractivity contribution in [2.75, 3.05) is 13.1 Å². The second-order valence-electron chi connectivity index (χ2n) is 8.24. The molecule has 4 nitrogen and oxygen atoms in total. The first-order valence-corrected chi connectivity index (χ1v) is 10.5. The van der Waals surface area contributed by atoms with E-state index in [2.05, 4.69) is 5.32 Å². The number of alkyl halides is 3. The van der Waals surface area contributed by atoms with Crippen molar-refractivity contribution in [1.82, 2.24) is 10.2 Å². The van der Waals surface area contributed by atoms with E-state index in [1.807, 2.05) is 6.92 Å². The zero-order chi connectivity index (χ0) is 21.5. The first-order chi connectivity index (χ1) is 14.3. The molecular weight excluding hydrogens is 393 g/mol. The van der Waals surface area contributed by atoms with Gasteiger partial charge >= 0.3 is 6.18 Å². The molecule has 0 saturated carbocycles. The third-order valence-corrected chi connectivity index (χ3v) is 6.22. The highest BCUT2D eigenvalue weighted by Crippen LogP contribution is 2.43. The molecule has 1 N–H and O–H groups in total. The number of carbonyl (C=O) groups is 2. The SMILES string of the molecule is CC1=C(C(=O)N2CCCCC2)[C@@H](c2ccc(C(F)(F)F)cc2)C2=C(CCCC2=O)N1. The van der Waals surface area contributed by atoms with E-state index < -0.39 is 17.7 Å². The van der Waals surface area contributed by atoms with Crippen molar-refractivity contribution in [3.63, 3.8) is 0 Å². The van der Waals surface area contributed by atoms with Crippen LogP contribution in [0.1, 0.15) is 62.5 Å². The predicted molar refractivity (Wildman–Crippen MR) is 106 cm³/mol. The van der Waals surface area contributed by atoms with Gasteiger partial charge in [0.2, 0.25) is 0 Å². The van der Waals surface area contributed by atoms with E-state index in [9.17, 15) is 22.8 Å². The van der Waals surface area contributed by atoms with Crippen LogP contribution in [0.15, 0.2) is 46.8 Å². The van der Waals surface area contributed by atoms with E-state index in [-0.39, 0.29) is 11.7 Å². The van der Waals surface area contributed by atoms with Crippen LogP contribution in [0.4, 0.5) is 13.2 Å². The van der Waals surface area contributed by atoms with Gasteiger partial charge in [-0.25, -0.2) is 0 Å². The Morgan fingerprint density at radius 3 is 2.33 bits per heavy atom. The Bertz CT molecular complexity index is 923. The average molecular weight is 418 g/mol. The molecule has 0 unspecified atom stereocenters. The summed E-state index contributed by atoms with van der Waals surface area (Å²) in [7, 11) is 0. The highest BCUT2D eigenvalue weighted by atomic mass is 19.4. The van der Waals surface area contributed by atoms with Gasteiger partial charge in [0.1, 0.15) is 0 Å². The molecule has 0 spiro atoms. The van der Waals surface area contributed by atoms with Crippen molar-refractivity contribution in [2.45, 2.75) is 57.5 Å². The van der Waals surface area contributed by atoms with E-state index in [1.54, 1.807) is 4.90 Å². The minimum atomic E-state index is -4.43. The maximum Gasteiger partial charge on any atom is 0.416 e. The Hall–Kier alpha value is -2.57. The van der Waals surface area contributed by atoms with Crippen LogP contribution in [0.5, 0.6) is 0 Å². The Morgan fingerprint density at radius 2 is 1.70 bits per heavy atom. The fourth-order valence-electron chi connectivity index (χ4n) is 4.73. The maximum atomic E-state index is 13.5. The number of likely N-dealkylation sites (tertiary alicyclic amines) is 1. The molecule has 4 rings (SSSR count). The number of piperidine rings is 1. The summed E-state index contributed by atoms with van der Waals surface area (Å²) in [4.78, 5) is 28.1. The minimum absolute atomic E-state index is 0.0370. The fourth-order valence-corrected chi connectivity index (χ4v) is 4.73. The molecule has 7 heteroatoms. The predicted octanol–water partition coefficient (Wildman–Crippen LogP) is 4.69. The van der Waals surface area contributed by atoms with Gasteiger partial charge in [0.15, 0.2) is 5.78 Å². The summed E-state index contributed by atoms with van der Waals surface area (Å²) in [5.41, 5.74) is 2.30. The lowest BCUT2D eigenvalue weighted by Crippen LogP contribution is -2.42. The van der Waals surface area contributed by atoms with Crippen molar-refractivity contribution in [2.24, 2.45) is 0 Å². The zero-order valence-electron chi connectivity index (χ0n) is 16.9. The first-order valence-electron chi connectivity index (χ1n) is 10.5. The van der Waals surface area contributed by atoms with E-state index >= 15 is 0 Å². The van der Waals surface area contributed by atoms with Crippen LogP contribution < -0.4 is 5.32 Å². The molecule has 0 radical (unpaired) electrons. The molecule has 30 heavy (non-hydrogen) atoms. The molecule has 0 bridgehead atoms. The van der Waals surface area contributed by atoms with Gasteiger partial charge in [-0.05, 0) is 56.7 Å². The van der Waals surface area contributed by atoms with Crippen molar-refractivity contribution >= 4 is 11.7 Å². The second kappa shape index (κ2) is 7.93. The number of halogens is 3. The van der Waals surface area contributed by atoms with Crippen molar-refractivity contribution in [1.29, 1.82) is 0 Å². The molecule has 2 aliphatic heterocycles. The van der Waals surface area contributed by atoms with Gasteiger partial charge in [-0.1, -0.05) is 12.1 Å². The lowest BCUT2D eigenvalue weighted by atomic mass is 9.74. The summed E-state index contributed by atoms with van der Waals surface area (Å²) < 4.78 is 39.2. The fraction of sp³-hybridized carbons (Fsp3) is 0.478. The topological polar surface area (TPSA) is 49.4 Å². The monoisotopic (exact) mass is 418 g/mol. The number of rotatable bonds is 2. The lowest BCUT2D eigenvalue weighted by Gasteiger charge is -2.37. The van der Waals surface area contributed by atoms with Gasteiger partial charge in [-0.3, -0.25) is 9.59 Å². The number of hydrogen-bond donors (Lipinski definition) is 1. The molecule has 0 aromatic heterocycles. The van der Waals surface area contributed by atoms with Crippen LogP contribution in [0.2, 0.25) is 0 Å². The van der Waals surface area contributed by atoms with Gasteiger partial charge in [0.25, 0.3) is 5.91 Å². The standard InChI is InChI=1S/C23H25F3N2O2/c1-14-19(22(30)28-12-3-2-4-13-28)20(21-17(27-14)6-5-7-18(21)29)15-8-10-16(11-9-15)23(24,25)26/h8-11,20,27H,2-7,12-13H2,1H3/t20-/m1/s1. The number of nitrogens with zero attached hydrogens (tertiary/aromatic N) is 1. The highest BCUT2D eigenvalue weighted by Gasteiger charge is 2.40. The Balaban J connectivity index is 1.79. The van der Waals surface area contributed by atoms with E-state index in [0.29, 0.717) is 48.3 Å². The van der Waals surface area contributed by atoms with Gasteiger partial charge in [0.05, 0.1) is 5.56 Å². The number of carbonyl (C=O) groups excluding carboxylic acids is 2. The summed E-state index contributed by atoms with van der Waals surface area (Å²) in [6.07, 6.45) is 0.328. The molecule has 2 heterocycles. The third-order valence-electron chi connectivity index (χ3n) is 6.22. The lowest BCUT2D eigenvalue weighted by molar-refractivity contribution is -0.137. The summed E-state index contributed by atoms with van der Waals surface area (Å²) in [6.45, 7) is 3.14. The number of dihydropyridines is 1. The van der Waals surface area contributed by atoms with Crippen LogP contribution in [0.25, 0.3) is 0 Å². The van der Waals surface area contributed by atoms with Crippen molar-refractivity contribution in [3.8, 4) is 0 Å². The van der Waals surface area contributed by atoms with E-state index in [0.717, 1.165) is 43.5 Å². The molecule has 160 valence electrons. The Labute approximate surface area is 173 Å². The van der Waals surface area contributed by atoms with Crippen LogP contribution in [0.3, 0.4) is 0 Å². The van der Waals surface area contributed by atoms with Gasteiger partial charge in [-0.15, -0.1) is 0 Å². The van der Waals surface area contributed by atoms with Crippen LogP contribution >= 0.6 is 0 Å². The molecule has 1 fully saturated rings. The summed E-state index contributed by atoms with van der Waals surface area (Å²) in [5.74, 6) is -0.801. The number of ketones is 1. The number of nitrogens with one attached hydrogen (secondary N) is 1. The highest BCUT2D eigenvalue weighted by molar-refractivity contribution is 6.05. The first kappa shape index (κ1) is 20.7. The number of Topliss-reactive ketones (excluding diaryl/α,β-unsaturated/α-hetero) is 1. The molecule has 1 aliphatic carbocycles. The third kappa shape index (κ3) is 3.77. The molecule has 1 aromatic carbocycles. The summed E-state index contributed by atoms with van der Waals surface area (Å²) in [6, 6.07) is 4.87. The smallest absolute Gasteiger partial charge is 0.362 e. The van der Waals surface area contributed by atoms with Gasteiger partial charge < -0.3 is 10.2 Å². The quantitative estimate of drug-likeness (QED) is 0.758. The number of amides is 1. The summed E-state index contributed by atoms with van der Waals surface area (Å²) in [5, 5.41) is 3.27. The molecule has 1 saturated heterocycles. The average Bonchev–Trinajstić information content (AvgIpc) is 2.72. The molecule has 1 atom stereocenters. The summed E-state index contributed by atoms with van der Waals surface area (Å²) >= 11 is 0. The maximum absolute atomic E-state index is 13.5. The molecule has 1 amide bonds. The number of benzene rings is 1. The minimum Gasteiger partial charge on any atom is -0.362 e. The second-order valence-corrected chi connectivity index (χ2v) is 8.24. The van der Waals surface area contributed by atoms with Crippen LogP contribution in [-0.2, 0) is 15.8 Å². The van der Waals surface area contributed by atoms with Crippen molar-refractivity contribution in [3.05, 3.63) is 57.9 Å². The normalized spacial score (nSPS) is 22.7. The van der Waals surface area contributed by atoms with Crippen molar-refractivity contribution < 1.29 is 22.8 Å². The van der Waals surface area contributed by atoms with Crippen LogP contribution in [0, 0.1) is 0 Å². The Morgan fingerprint density at radius 1 is 1.03 bits per heavy atom. The number of allylic oxidation sites excluding steroid dienone is 3. The van der Waals surface area contributed by atoms with Crippen LogP contribution in [-0.4, -0.2) is 29.7 Å². The van der Waals surface area contributed by atoms with E-state index in [1.165, 1.54) is 12.1 Å².